The van der Waals surface area contributed by atoms with Crippen molar-refractivity contribution in [1.82, 2.24) is 4.90 Å². The number of hydrogen-bond donors (Lipinski definition) is 1. The highest BCUT2D eigenvalue weighted by molar-refractivity contribution is 5.79. The third-order valence-corrected chi connectivity index (χ3v) is 10.8. The number of hydrogen-bond acceptors (Lipinski definition) is 5. The number of nitrogens with zero attached hydrogens (tertiary/aromatic N) is 1. The second-order valence-electron chi connectivity index (χ2n) is 16.0. The zero-order valence-electron chi connectivity index (χ0n) is 35.5. The highest BCUT2D eigenvalue weighted by atomic mass is 16.6. The minimum atomic E-state index is -0.762. The molecule has 0 aromatic heterocycles. The number of primary amides is 1. The molecule has 1 aliphatic heterocycles. The minimum Gasteiger partial charge on any atom is -0.377 e. The van der Waals surface area contributed by atoms with E-state index in [-0.39, 0.29) is 0 Å². The van der Waals surface area contributed by atoms with Gasteiger partial charge in [-0.25, -0.2) is 0 Å². The quantitative estimate of drug-likeness (QED) is 0.0498. The molecule has 6 nitrogen and oxygen atoms in total. The summed E-state index contributed by atoms with van der Waals surface area (Å²) in [4.78, 5) is 15.0. The number of rotatable bonds is 41. The second-order valence-corrected chi connectivity index (χ2v) is 16.0. The first-order valence-electron chi connectivity index (χ1n) is 23.3. The lowest BCUT2D eigenvalue weighted by molar-refractivity contribution is -0.148. The summed E-state index contributed by atoms with van der Waals surface area (Å²) in [5.41, 5.74) is 5.88. The molecule has 312 valence electrons. The van der Waals surface area contributed by atoms with Crippen molar-refractivity contribution in [2.45, 2.75) is 225 Å². The summed E-state index contributed by atoms with van der Waals surface area (Å²) in [5, 5.41) is 0. The summed E-state index contributed by atoms with van der Waals surface area (Å²) in [7, 11) is 0. The van der Waals surface area contributed by atoms with Crippen LogP contribution in [0.5, 0.6) is 0 Å². The van der Waals surface area contributed by atoms with Gasteiger partial charge in [0, 0.05) is 19.8 Å². The summed E-state index contributed by atoms with van der Waals surface area (Å²) in [6, 6.07) is 0. The highest BCUT2D eigenvalue weighted by Gasteiger charge is 2.28. The predicted octanol–water partition coefficient (Wildman–Crippen LogP) is 12.8. The molecule has 0 aliphatic carbocycles. The van der Waals surface area contributed by atoms with Crippen LogP contribution in [0.2, 0.25) is 0 Å². The van der Waals surface area contributed by atoms with Crippen molar-refractivity contribution in [2.75, 3.05) is 46.1 Å². The molecule has 1 aliphatic rings. The largest absolute Gasteiger partial charge is 0.377 e. The minimum absolute atomic E-state index is 0.348. The van der Waals surface area contributed by atoms with Crippen molar-refractivity contribution in [3.05, 3.63) is 24.3 Å². The molecule has 6 heteroatoms. The number of carbonyl (C=O) groups is 1. The lowest BCUT2D eigenvalue weighted by Crippen LogP contribution is -2.45. The Labute approximate surface area is 330 Å². The van der Waals surface area contributed by atoms with E-state index in [2.05, 4.69) is 43.1 Å². The number of ether oxygens (including phenoxy) is 3. The van der Waals surface area contributed by atoms with Crippen LogP contribution < -0.4 is 5.73 Å². The van der Waals surface area contributed by atoms with Gasteiger partial charge in [-0.3, -0.25) is 4.79 Å². The first kappa shape index (κ1) is 49.8. The maximum absolute atomic E-state index is 12.5. The smallest absolute Gasteiger partial charge is 0.249 e. The molecule has 1 rings (SSSR count). The molecule has 0 aromatic rings. The van der Waals surface area contributed by atoms with Crippen molar-refractivity contribution in [1.29, 1.82) is 0 Å². The van der Waals surface area contributed by atoms with E-state index in [1.54, 1.807) is 0 Å². The Bertz CT molecular complexity index is 812. The Balaban J connectivity index is 2.23. The van der Waals surface area contributed by atoms with E-state index in [0.29, 0.717) is 26.4 Å². The monoisotopic (exact) mass is 747 g/mol. The van der Waals surface area contributed by atoms with Crippen molar-refractivity contribution >= 4 is 5.91 Å². The van der Waals surface area contributed by atoms with E-state index in [9.17, 15) is 4.79 Å². The summed E-state index contributed by atoms with van der Waals surface area (Å²) in [5.74, 6) is -0.444. The predicted molar refractivity (Wildman–Crippen MR) is 229 cm³/mol. The second kappa shape index (κ2) is 40.5. The maximum atomic E-state index is 12.5. The van der Waals surface area contributed by atoms with Crippen LogP contribution in [0.3, 0.4) is 0 Å². The van der Waals surface area contributed by atoms with Crippen molar-refractivity contribution < 1.29 is 19.0 Å². The summed E-state index contributed by atoms with van der Waals surface area (Å²) in [6.07, 6.45) is 48.0. The molecule has 0 saturated carbocycles. The van der Waals surface area contributed by atoms with E-state index >= 15 is 0 Å². The fraction of sp³-hybridized carbons (Fsp3) is 0.894. The van der Waals surface area contributed by atoms with Gasteiger partial charge >= 0.3 is 0 Å². The molecule has 1 saturated heterocycles. The SMILES string of the molecule is CCCCCCCC/C=C\CCCCCCCCOC(COCCN1CCCCC1)C(OCCCCCCCC/C=C\CCCCCCCC)C(N)=O. The summed E-state index contributed by atoms with van der Waals surface area (Å²) in [6.45, 7) is 9.95. The van der Waals surface area contributed by atoms with Crippen LogP contribution in [0, 0.1) is 0 Å². The van der Waals surface area contributed by atoms with Gasteiger partial charge in [-0.2, -0.15) is 0 Å². The average molecular weight is 747 g/mol. The van der Waals surface area contributed by atoms with E-state index in [0.717, 1.165) is 45.3 Å². The number of likely N-dealkylation sites (tertiary alicyclic amines) is 1. The third-order valence-electron chi connectivity index (χ3n) is 10.8. The molecule has 0 radical (unpaired) electrons. The van der Waals surface area contributed by atoms with Crippen LogP contribution in [0.15, 0.2) is 24.3 Å². The number of allylic oxidation sites excluding steroid dienone is 4. The standard InChI is InChI=1S/C47H90N2O4/c1-3-5-7-9-11-13-15-17-19-21-23-25-27-29-31-36-41-52-45(44-51-43-40-49-38-34-33-35-39-49)46(47(48)50)53-42-37-32-30-28-26-24-22-20-18-16-14-12-10-8-6-4-2/h17-20,45-46H,3-16,21-44H2,1-2H3,(H2,48,50)/b19-17-,20-18-. The van der Waals surface area contributed by atoms with Gasteiger partial charge in [-0.1, -0.05) is 160 Å². The molecule has 1 heterocycles. The molecular weight excluding hydrogens is 657 g/mol. The Morgan fingerprint density at radius 2 is 0.925 bits per heavy atom. The Hall–Kier alpha value is -1.21. The Kier molecular flexibility index (Phi) is 38.0. The van der Waals surface area contributed by atoms with E-state index in [1.165, 1.54) is 173 Å². The third kappa shape index (κ3) is 33.8. The molecule has 2 unspecified atom stereocenters. The molecule has 0 aromatic carbocycles. The van der Waals surface area contributed by atoms with Crippen LogP contribution in [0.1, 0.15) is 213 Å². The van der Waals surface area contributed by atoms with Gasteiger partial charge in [0.25, 0.3) is 0 Å². The van der Waals surface area contributed by atoms with Crippen molar-refractivity contribution in [3.8, 4) is 0 Å². The Morgan fingerprint density at radius 3 is 1.36 bits per heavy atom. The van der Waals surface area contributed by atoms with Crippen LogP contribution in [-0.4, -0.2) is 69.1 Å². The van der Waals surface area contributed by atoms with Gasteiger partial charge in [0.15, 0.2) is 6.10 Å². The first-order chi connectivity index (χ1) is 26.2. The molecule has 1 fully saturated rings. The van der Waals surface area contributed by atoms with E-state index < -0.39 is 18.1 Å². The zero-order valence-corrected chi connectivity index (χ0v) is 35.5. The fourth-order valence-corrected chi connectivity index (χ4v) is 7.32. The molecule has 0 spiro atoms. The molecular formula is C47H90N2O4. The average Bonchev–Trinajstić information content (AvgIpc) is 3.17. The number of carbonyl (C=O) groups excluding carboxylic acids is 1. The number of amides is 1. The number of nitrogens with two attached hydrogens (primary N) is 1. The Morgan fingerprint density at radius 1 is 0.528 bits per heavy atom. The number of piperidine rings is 1. The van der Waals surface area contributed by atoms with Gasteiger partial charge in [0.2, 0.25) is 5.91 Å². The van der Waals surface area contributed by atoms with Gasteiger partial charge in [-0.05, 0) is 90.1 Å². The summed E-state index contributed by atoms with van der Waals surface area (Å²) >= 11 is 0. The van der Waals surface area contributed by atoms with Gasteiger partial charge in [0.05, 0.1) is 13.2 Å². The van der Waals surface area contributed by atoms with Crippen molar-refractivity contribution in [3.63, 3.8) is 0 Å². The van der Waals surface area contributed by atoms with Crippen LogP contribution in [0.4, 0.5) is 0 Å². The van der Waals surface area contributed by atoms with Gasteiger partial charge in [0.1, 0.15) is 6.10 Å². The first-order valence-corrected chi connectivity index (χ1v) is 23.3. The molecule has 2 N–H and O–H groups in total. The van der Waals surface area contributed by atoms with Gasteiger partial charge < -0.3 is 24.8 Å². The fourth-order valence-electron chi connectivity index (χ4n) is 7.32. The van der Waals surface area contributed by atoms with Crippen LogP contribution >= 0.6 is 0 Å². The van der Waals surface area contributed by atoms with Crippen LogP contribution in [-0.2, 0) is 19.0 Å². The molecule has 53 heavy (non-hydrogen) atoms. The lowest BCUT2D eigenvalue weighted by Gasteiger charge is -2.28. The zero-order chi connectivity index (χ0) is 38.1. The normalized spacial score (nSPS) is 15.2. The van der Waals surface area contributed by atoms with E-state index in [4.69, 9.17) is 19.9 Å². The highest BCUT2D eigenvalue weighted by Crippen LogP contribution is 2.15. The number of unbranched alkanes of at least 4 members (excludes halogenated alkanes) is 24. The van der Waals surface area contributed by atoms with Crippen molar-refractivity contribution in [2.24, 2.45) is 5.73 Å². The topological polar surface area (TPSA) is 74.0 Å². The lowest BCUT2D eigenvalue weighted by atomic mass is 10.1. The molecule has 2 atom stereocenters. The maximum Gasteiger partial charge on any atom is 0.249 e. The molecule has 1 amide bonds. The molecule has 0 bridgehead atoms. The van der Waals surface area contributed by atoms with E-state index in [1.807, 2.05) is 0 Å². The van der Waals surface area contributed by atoms with Crippen LogP contribution in [0.25, 0.3) is 0 Å². The summed E-state index contributed by atoms with van der Waals surface area (Å²) < 4.78 is 18.5. The van der Waals surface area contributed by atoms with Gasteiger partial charge in [-0.15, -0.1) is 0 Å².